The normalized spacial score (nSPS) is 10.9. The summed E-state index contributed by atoms with van der Waals surface area (Å²) >= 11 is 8.13. The molecular formula is C9H7BrFN3S. The average Bonchev–Trinajstić information content (AvgIpc) is 2.41. The maximum atomic E-state index is 13.2. The zero-order chi connectivity index (χ0) is 11.2. The molecule has 2 rings (SSSR count). The number of aromatic nitrogens is 2. The van der Waals surface area contributed by atoms with Crippen LogP contribution >= 0.6 is 28.1 Å². The van der Waals surface area contributed by atoms with Crippen LogP contribution in [0.15, 0.2) is 16.7 Å². The molecule has 0 fully saturated rings. The van der Waals surface area contributed by atoms with Gasteiger partial charge in [0, 0.05) is 6.20 Å². The van der Waals surface area contributed by atoms with Gasteiger partial charge in [0.1, 0.15) is 16.5 Å². The Balaban J connectivity index is 2.93. The lowest BCUT2D eigenvalue weighted by atomic mass is 10.3. The predicted molar refractivity (Wildman–Crippen MR) is 63.5 cm³/mol. The van der Waals surface area contributed by atoms with Crippen molar-refractivity contribution in [2.24, 2.45) is 5.73 Å². The molecule has 0 saturated carbocycles. The highest BCUT2D eigenvalue weighted by atomic mass is 79.9. The molecule has 0 aliphatic rings. The molecule has 0 radical (unpaired) electrons. The number of pyridine rings is 1. The SMILES string of the molecule is Cc1nc2c(Br)cc(F)cn2c1C(N)=S. The van der Waals surface area contributed by atoms with Crippen molar-refractivity contribution < 1.29 is 4.39 Å². The first-order chi connectivity index (χ1) is 7.00. The van der Waals surface area contributed by atoms with E-state index in [9.17, 15) is 4.39 Å². The number of halogens is 2. The zero-order valence-corrected chi connectivity index (χ0v) is 10.2. The molecule has 0 aromatic carbocycles. The van der Waals surface area contributed by atoms with Crippen LogP contribution in [0.4, 0.5) is 4.39 Å². The van der Waals surface area contributed by atoms with Crippen molar-refractivity contribution in [2.75, 3.05) is 0 Å². The molecule has 0 bridgehead atoms. The molecule has 0 saturated heterocycles. The molecule has 2 aromatic rings. The number of thiocarbonyl (C=S) groups is 1. The van der Waals surface area contributed by atoms with Crippen molar-refractivity contribution in [1.82, 2.24) is 9.38 Å². The third-order valence-electron chi connectivity index (χ3n) is 2.05. The molecule has 0 spiro atoms. The van der Waals surface area contributed by atoms with Crippen molar-refractivity contribution in [3.63, 3.8) is 0 Å². The van der Waals surface area contributed by atoms with Crippen molar-refractivity contribution in [3.05, 3.63) is 33.9 Å². The van der Waals surface area contributed by atoms with Gasteiger partial charge < -0.3 is 5.73 Å². The van der Waals surface area contributed by atoms with E-state index in [-0.39, 0.29) is 10.8 Å². The maximum Gasteiger partial charge on any atom is 0.152 e. The van der Waals surface area contributed by atoms with Crippen LogP contribution in [-0.2, 0) is 0 Å². The van der Waals surface area contributed by atoms with Crippen LogP contribution in [0.1, 0.15) is 11.4 Å². The fourth-order valence-corrected chi connectivity index (χ4v) is 2.23. The predicted octanol–water partition coefficient (Wildman–Crippen LogP) is 2.18. The summed E-state index contributed by atoms with van der Waals surface area (Å²) in [5.74, 6) is -0.371. The molecule has 0 amide bonds. The molecule has 6 heteroatoms. The van der Waals surface area contributed by atoms with Gasteiger partial charge in [0.05, 0.1) is 10.2 Å². The standard InChI is InChI=1S/C9H7BrFN3S/c1-4-7(8(12)15)14-3-5(11)2-6(10)9(14)13-4/h2-3H,1H3,(H2,12,15). The average molecular weight is 288 g/mol. The fourth-order valence-electron chi connectivity index (χ4n) is 1.48. The number of hydrogen-bond acceptors (Lipinski definition) is 2. The lowest BCUT2D eigenvalue weighted by Crippen LogP contribution is -2.13. The van der Waals surface area contributed by atoms with Gasteiger partial charge in [-0.15, -0.1) is 0 Å². The minimum absolute atomic E-state index is 0.206. The van der Waals surface area contributed by atoms with Gasteiger partial charge in [-0.1, -0.05) is 12.2 Å². The minimum atomic E-state index is -0.371. The summed E-state index contributed by atoms with van der Waals surface area (Å²) in [6.45, 7) is 1.78. The van der Waals surface area contributed by atoms with Crippen molar-refractivity contribution >= 4 is 38.8 Å². The molecule has 2 aromatic heterocycles. The summed E-state index contributed by atoms with van der Waals surface area (Å²) in [5, 5.41) is 0. The summed E-state index contributed by atoms with van der Waals surface area (Å²) in [6.07, 6.45) is 1.31. The summed E-state index contributed by atoms with van der Waals surface area (Å²) in [7, 11) is 0. The molecule has 0 atom stereocenters. The van der Waals surface area contributed by atoms with E-state index in [0.717, 1.165) is 0 Å². The van der Waals surface area contributed by atoms with Crippen LogP contribution in [-0.4, -0.2) is 14.4 Å². The van der Waals surface area contributed by atoms with E-state index in [4.69, 9.17) is 18.0 Å². The number of fused-ring (bicyclic) bond motifs is 1. The van der Waals surface area contributed by atoms with E-state index in [2.05, 4.69) is 20.9 Å². The van der Waals surface area contributed by atoms with Crippen molar-refractivity contribution in [2.45, 2.75) is 6.92 Å². The van der Waals surface area contributed by atoms with Gasteiger partial charge in [0.2, 0.25) is 0 Å². The molecule has 3 nitrogen and oxygen atoms in total. The number of rotatable bonds is 1. The van der Waals surface area contributed by atoms with Gasteiger partial charge in [-0.05, 0) is 28.9 Å². The second-order valence-corrected chi connectivity index (χ2v) is 4.40. The molecule has 0 aliphatic carbocycles. The number of hydrogen-bond donors (Lipinski definition) is 1. The van der Waals surface area contributed by atoms with Crippen LogP contribution in [0, 0.1) is 12.7 Å². The van der Waals surface area contributed by atoms with Crippen LogP contribution < -0.4 is 5.73 Å². The van der Waals surface area contributed by atoms with Crippen LogP contribution in [0.5, 0.6) is 0 Å². The Hall–Kier alpha value is -1.01. The topological polar surface area (TPSA) is 43.3 Å². The Kier molecular flexibility index (Phi) is 2.47. The van der Waals surface area contributed by atoms with E-state index >= 15 is 0 Å². The van der Waals surface area contributed by atoms with Crippen molar-refractivity contribution in [1.29, 1.82) is 0 Å². The molecule has 2 heterocycles. The first kappa shape index (κ1) is 10.5. The lowest BCUT2D eigenvalue weighted by molar-refractivity contribution is 0.618. The van der Waals surface area contributed by atoms with Crippen LogP contribution in [0.2, 0.25) is 0 Å². The summed E-state index contributed by atoms with van der Waals surface area (Å²) < 4.78 is 15.3. The van der Waals surface area contributed by atoms with E-state index in [1.165, 1.54) is 12.3 Å². The number of nitrogens with two attached hydrogens (primary N) is 1. The monoisotopic (exact) mass is 287 g/mol. The minimum Gasteiger partial charge on any atom is -0.388 e. The van der Waals surface area contributed by atoms with Gasteiger partial charge in [0.25, 0.3) is 0 Å². The van der Waals surface area contributed by atoms with E-state index in [1.807, 2.05) is 0 Å². The number of nitrogens with zero attached hydrogens (tertiary/aromatic N) is 2. The molecule has 0 unspecified atom stereocenters. The van der Waals surface area contributed by atoms with Gasteiger partial charge >= 0.3 is 0 Å². The molecule has 2 N–H and O–H groups in total. The lowest BCUT2D eigenvalue weighted by Gasteiger charge is -2.01. The first-order valence-electron chi connectivity index (χ1n) is 4.14. The summed E-state index contributed by atoms with van der Waals surface area (Å²) in [6, 6.07) is 1.35. The van der Waals surface area contributed by atoms with Crippen LogP contribution in [0.25, 0.3) is 5.65 Å². The maximum absolute atomic E-state index is 13.2. The highest BCUT2D eigenvalue weighted by molar-refractivity contribution is 9.10. The van der Waals surface area contributed by atoms with Gasteiger partial charge in [-0.3, -0.25) is 4.40 Å². The Labute approximate surface area is 99.2 Å². The number of imidazole rings is 1. The first-order valence-corrected chi connectivity index (χ1v) is 5.34. The van der Waals surface area contributed by atoms with E-state index < -0.39 is 0 Å². The number of aryl methyl sites for hydroxylation is 1. The summed E-state index contributed by atoms with van der Waals surface area (Å²) in [5.41, 5.74) is 7.42. The largest absolute Gasteiger partial charge is 0.388 e. The highest BCUT2D eigenvalue weighted by Crippen LogP contribution is 2.21. The highest BCUT2D eigenvalue weighted by Gasteiger charge is 2.13. The molecule has 0 aliphatic heterocycles. The molecular weight excluding hydrogens is 281 g/mol. The molecule has 78 valence electrons. The smallest absolute Gasteiger partial charge is 0.152 e. The Bertz CT molecular complexity index is 564. The third-order valence-corrected chi connectivity index (χ3v) is 2.83. The Morgan fingerprint density at radius 1 is 1.67 bits per heavy atom. The van der Waals surface area contributed by atoms with Gasteiger partial charge in [0.15, 0.2) is 5.65 Å². The molecule has 15 heavy (non-hydrogen) atoms. The van der Waals surface area contributed by atoms with Crippen LogP contribution in [0.3, 0.4) is 0 Å². The zero-order valence-electron chi connectivity index (χ0n) is 7.79. The summed E-state index contributed by atoms with van der Waals surface area (Å²) in [4.78, 5) is 4.46. The Morgan fingerprint density at radius 2 is 2.33 bits per heavy atom. The van der Waals surface area contributed by atoms with Crippen molar-refractivity contribution in [3.8, 4) is 0 Å². The van der Waals surface area contributed by atoms with Gasteiger partial charge in [-0.2, -0.15) is 0 Å². The van der Waals surface area contributed by atoms with Gasteiger partial charge in [-0.25, -0.2) is 9.37 Å². The second-order valence-electron chi connectivity index (χ2n) is 3.11. The third kappa shape index (κ3) is 1.63. The quantitative estimate of drug-likeness (QED) is 0.818. The second kappa shape index (κ2) is 3.53. The van der Waals surface area contributed by atoms with E-state index in [1.54, 1.807) is 11.3 Å². The Morgan fingerprint density at radius 3 is 2.93 bits per heavy atom. The van der Waals surface area contributed by atoms with E-state index in [0.29, 0.717) is 21.5 Å². The fraction of sp³-hybridized carbons (Fsp3) is 0.111.